The van der Waals surface area contributed by atoms with Gasteiger partial charge in [-0.3, -0.25) is 19.2 Å². The van der Waals surface area contributed by atoms with E-state index in [2.05, 4.69) is 0 Å². The Morgan fingerprint density at radius 1 is 0.450 bits per heavy atom. The third kappa shape index (κ3) is 18.3. The highest BCUT2D eigenvalue weighted by atomic mass is 16.6. The predicted octanol–water partition coefficient (Wildman–Crippen LogP) is 7.24. The Labute approximate surface area is 475 Å². The zero-order valence-corrected chi connectivity index (χ0v) is 50.2. The fourth-order valence-electron chi connectivity index (χ4n) is 11.0. The minimum Gasteiger partial charge on any atom is -0.451 e. The van der Waals surface area contributed by atoms with Crippen molar-refractivity contribution in [3.63, 3.8) is 0 Å². The van der Waals surface area contributed by atoms with Crippen LogP contribution in [-0.4, -0.2) is 176 Å². The van der Waals surface area contributed by atoms with Crippen LogP contribution in [0.5, 0.6) is 0 Å². The molecular weight excluding hydrogens is 1020 g/mol. The summed E-state index contributed by atoms with van der Waals surface area (Å²) in [5.41, 5.74) is 3.61. The van der Waals surface area contributed by atoms with Crippen LogP contribution in [0, 0.1) is 23.7 Å². The van der Waals surface area contributed by atoms with E-state index in [9.17, 15) is 29.1 Å². The Kier molecular flexibility index (Phi) is 25.0. The highest BCUT2D eigenvalue weighted by Gasteiger charge is 2.43. The van der Waals surface area contributed by atoms with E-state index in [4.69, 9.17) is 28.4 Å². The number of aliphatic hydroxyl groups excluding tert-OH is 1. The molecule has 0 aliphatic carbocycles. The number of hydrogen-bond acceptors (Lipinski definition) is 14. The van der Waals surface area contributed by atoms with Crippen molar-refractivity contribution in [1.82, 2.24) is 19.6 Å². The molecule has 18 heteroatoms. The molecule has 0 spiro atoms. The number of amides is 4. The van der Waals surface area contributed by atoms with Crippen molar-refractivity contribution < 1.29 is 67.1 Å². The van der Waals surface area contributed by atoms with Crippen LogP contribution in [0.3, 0.4) is 0 Å². The van der Waals surface area contributed by atoms with Gasteiger partial charge in [-0.05, 0) is 123 Å². The van der Waals surface area contributed by atoms with E-state index in [1.807, 2.05) is 104 Å². The van der Waals surface area contributed by atoms with Crippen LogP contribution in [0.15, 0.2) is 48.5 Å². The van der Waals surface area contributed by atoms with Gasteiger partial charge in [-0.15, -0.1) is 0 Å². The quantitative estimate of drug-likeness (QED) is 0.146. The normalized spacial score (nSPS) is 27.0. The Morgan fingerprint density at radius 2 is 0.775 bits per heavy atom. The molecule has 4 amide bonds. The molecule has 0 bridgehead atoms. The summed E-state index contributed by atoms with van der Waals surface area (Å²) in [5.74, 6) is -5.37. The number of carbonyl (C=O) groups is 7. The molecule has 3 aliphatic heterocycles. The Balaban J connectivity index is 1.59. The second kappa shape index (κ2) is 30.6. The molecule has 1 unspecified atom stereocenters. The van der Waals surface area contributed by atoms with Crippen LogP contribution in [0.1, 0.15) is 155 Å². The molecule has 446 valence electrons. The first-order valence-electron chi connectivity index (χ1n) is 29.1. The van der Waals surface area contributed by atoms with Gasteiger partial charge < -0.3 is 53.1 Å². The van der Waals surface area contributed by atoms with E-state index >= 15 is 9.59 Å². The lowest BCUT2D eigenvalue weighted by Crippen LogP contribution is -2.55. The third-order valence-corrected chi connectivity index (χ3v) is 15.8. The average molecular weight is 1120 g/mol. The van der Waals surface area contributed by atoms with Crippen LogP contribution in [-0.2, 0) is 74.8 Å². The van der Waals surface area contributed by atoms with Gasteiger partial charge in [-0.25, -0.2) is 14.4 Å². The van der Waals surface area contributed by atoms with Crippen LogP contribution in [0.4, 0.5) is 0 Å². The van der Waals surface area contributed by atoms with Crippen molar-refractivity contribution >= 4 is 41.5 Å². The molecular formula is C62H94N4O14. The first kappa shape index (κ1) is 65.4. The third-order valence-electron chi connectivity index (χ3n) is 15.8. The van der Waals surface area contributed by atoms with Gasteiger partial charge in [0.2, 0.25) is 0 Å². The summed E-state index contributed by atoms with van der Waals surface area (Å²) in [5, 5.41) is 12.0. The number of ether oxygens (including phenoxy) is 6. The minimum absolute atomic E-state index is 0.0609. The van der Waals surface area contributed by atoms with E-state index in [0.717, 1.165) is 36.8 Å². The van der Waals surface area contributed by atoms with Crippen molar-refractivity contribution in [3.05, 3.63) is 70.8 Å². The lowest BCUT2D eigenvalue weighted by atomic mass is 9.90. The topological polar surface area (TPSA) is 208 Å². The van der Waals surface area contributed by atoms with Gasteiger partial charge in [-0.1, -0.05) is 104 Å². The van der Waals surface area contributed by atoms with Gasteiger partial charge >= 0.3 is 17.9 Å². The van der Waals surface area contributed by atoms with Crippen LogP contribution < -0.4 is 0 Å². The number of esters is 3. The van der Waals surface area contributed by atoms with Crippen molar-refractivity contribution in [3.8, 4) is 0 Å². The maximum atomic E-state index is 15.0. The molecule has 3 heterocycles. The summed E-state index contributed by atoms with van der Waals surface area (Å²) in [6.45, 7) is 20.5. The van der Waals surface area contributed by atoms with Gasteiger partial charge in [0.1, 0.15) is 24.2 Å². The van der Waals surface area contributed by atoms with Crippen molar-refractivity contribution in [2.24, 2.45) is 23.7 Å². The fourth-order valence-corrected chi connectivity index (χ4v) is 11.0. The van der Waals surface area contributed by atoms with Gasteiger partial charge in [0.15, 0.2) is 24.6 Å². The Hall–Kier alpha value is -5.43. The molecule has 18 nitrogen and oxygen atoms in total. The minimum atomic E-state index is -1.74. The number of carbonyl (C=O) groups excluding carboxylic acids is 7. The SMILES string of the molecule is CC(C)C[C@H]1C(=O)O[C@H](Cc2ccc(C3CCOCC3)cc2)C(=O)N(C)[C@@H](CC(C)C)C(O)O[C@H](C)C(=O)N(C)[C@@H](CC(C)C)C(=O)O[C@H](Cc2ccc(C3CCOCC3)cc2)C(=O)N(C)[C@@H](CC(C)C)C(=O)O[C@H](C)C(=O)N1C. The lowest BCUT2D eigenvalue weighted by molar-refractivity contribution is -0.192. The molecule has 3 fully saturated rings. The first-order valence-corrected chi connectivity index (χ1v) is 29.1. The number of cyclic esters (lactones) is 3. The molecule has 0 saturated carbocycles. The van der Waals surface area contributed by atoms with Crippen LogP contribution in [0.25, 0.3) is 0 Å². The molecule has 5 rings (SSSR count). The van der Waals surface area contributed by atoms with Crippen LogP contribution >= 0.6 is 0 Å². The highest BCUT2D eigenvalue weighted by Crippen LogP contribution is 2.30. The number of likely N-dealkylation sites (N-methyl/N-ethyl adjacent to an activating group) is 4. The smallest absolute Gasteiger partial charge is 0.329 e. The van der Waals surface area contributed by atoms with E-state index in [1.165, 1.54) is 61.6 Å². The summed E-state index contributed by atoms with van der Waals surface area (Å²) < 4.78 is 35.7. The number of rotatable bonds is 14. The van der Waals surface area contributed by atoms with Gasteiger partial charge in [-0.2, -0.15) is 0 Å². The van der Waals surface area contributed by atoms with E-state index in [0.29, 0.717) is 49.4 Å². The van der Waals surface area contributed by atoms with E-state index in [1.54, 1.807) is 0 Å². The molecule has 2 aromatic rings. The summed E-state index contributed by atoms with van der Waals surface area (Å²) in [6.07, 6.45) is -3.60. The summed E-state index contributed by atoms with van der Waals surface area (Å²) in [4.78, 5) is 108. The second-order valence-corrected chi connectivity index (χ2v) is 24.2. The van der Waals surface area contributed by atoms with E-state index < -0.39 is 96.4 Å². The van der Waals surface area contributed by atoms with Gasteiger partial charge in [0.05, 0.1) is 6.04 Å². The lowest BCUT2D eigenvalue weighted by Gasteiger charge is -2.37. The molecule has 9 atom stereocenters. The molecule has 0 radical (unpaired) electrons. The molecule has 3 saturated heterocycles. The van der Waals surface area contributed by atoms with Crippen LogP contribution in [0.2, 0.25) is 0 Å². The number of benzene rings is 2. The monoisotopic (exact) mass is 1120 g/mol. The van der Waals surface area contributed by atoms with Gasteiger partial charge in [0, 0.05) is 67.5 Å². The standard InChI is InChI=1S/C62H94N4O14/c1-37(2)31-49-59(71)77-41(9)55(67)63(11)52(34-40(7)8)62(74)80-54(36-44-17-21-46(22-18-44)48-25-29-76-30-26-48)58(70)66(14)50(32-38(3)4)60(72)78-42(10)56(68)64(12)51(33-39(5)6)61(73)79-53(57(69)65(49)13)35-43-15-19-45(20-16-43)47-23-27-75-28-24-47/h15-22,37-42,47-54,59,71H,23-36H2,1-14H3/t41-,42-,49+,50+,51+,52+,53-,54-,59?/m1/s1. The number of hydrogen-bond donors (Lipinski definition) is 1. The maximum Gasteiger partial charge on any atom is 0.329 e. The Bertz CT molecular complexity index is 2350. The largest absolute Gasteiger partial charge is 0.451 e. The highest BCUT2D eigenvalue weighted by molar-refractivity contribution is 5.93. The van der Waals surface area contributed by atoms with Crippen molar-refractivity contribution in [2.75, 3.05) is 54.6 Å². The zero-order valence-electron chi connectivity index (χ0n) is 50.2. The fraction of sp³-hybridized carbons (Fsp3) is 0.694. The van der Waals surface area contributed by atoms with Gasteiger partial charge in [0.25, 0.3) is 23.6 Å². The average Bonchev–Trinajstić information content (AvgIpc) is 3.44. The molecule has 2 aromatic carbocycles. The summed E-state index contributed by atoms with van der Waals surface area (Å²) in [7, 11) is 5.76. The molecule has 0 aromatic heterocycles. The molecule has 1 N–H and O–H groups in total. The zero-order chi connectivity index (χ0) is 59.1. The first-order chi connectivity index (χ1) is 37.8. The summed E-state index contributed by atoms with van der Waals surface area (Å²) in [6, 6.07) is 10.8. The molecule has 3 aliphatic rings. The molecule has 80 heavy (non-hydrogen) atoms. The van der Waals surface area contributed by atoms with Crippen molar-refractivity contribution in [2.45, 2.75) is 200 Å². The van der Waals surface area contributed by atoms with E-state index in [-0.39, 0.29) is 62.2 Å². The Morgan fingerprint density at radius 3 is 1.14 bits per heavy atom. The van der Waals surface area contributed by atoms with Crippen molar-refractivity contribution in [1.29, 1.82) is 0 Å². The maximum absolute atomic E-state index is 15.0. The second-order valence-electron chi connectivity index (χ2n) is 24.2. The number of aliphatic hydroxyl groups is 1. The predicted molar refractivity (Wildman–Crippen MR) is 302 cm³/mol. The summed E-state index contributed by atoms with van der Waals surface area (Å²) >= 11 is 0. The number of nitrogens with zero attached hydrogens (tertiary/aromatic N) is 4.